The molecule has 4 aliphatic carbocycles. The van der Waals surface area contributed by atoms with Crippen LogP contribution in [0.4, 0.5) is 0 Å². The average Bonchev–Trinajstić information content (AvgIpc) is 2.79. The second kappa shape index (κ2) is 5.94. The van der Waals surface area contributed by atoms with E-state index in [-0.39, 0.29) is 17.8 Å². The maximum Gasteiger partial charge on any atom is 0.375 e. The first-order chi connectivity index (χ1) is 12.6. The summed E-state index contributed by atoms with van der Waals surface area (Å²) >= 11 is 0. The zero-order valence-corrected chi connectivity index (χ0v) is 16.1. The van der Waals surface area contributed by atoms with Gasteiger partial charge in [0.25, 0.3) is 0 Å². The summed E-state index contributed by atoms with van der Waals surface area (Å²) in [6, 6.07) is 0. The number of carbonyl (C=O) groups excluding carboxylic acids is 3. The van der Waals surface area contributed by atoms with Gasteiger partial charge < -0.3 is 14.2 Å². The predicted molar refractivity (Wildman–Crippen MR) is 95.1 cm³/mol. The molecule has 0 aromatic carbocycles. The van der Waals surface area contributed by atoms with E-state index in [4.69, 9.17) is 14.2 Å². The summed E-state index contributed by atoms with van der Waals surface area (Å²) in [5.41, 5.74) is -0.308. The van der Waals surface area contributed by atoms with Crippen molar-refractivity contribution in [1.82, 2.24) is 0 Å². The lowest BCUT2D eigenvalue weighted by Gasteiger charge is -2.59. The van der Waals surface area contributed by atoms with Crippen LogP contribution in [0.25, 0.3) is 0 Å². The summed E-state index contributed by atoms with van der Waals surface area (Å²) in [6.07, 6.45) is 4.18. The highest BCUT2D eigenvalue weighted by Crippen LogP contribution is 2.63. The highest BCUT2D eigenvalue weighted by atomic mass is 16.6. The minimum Gasteiger partial charge on any atom is -0.456 e. The van der Waals surface area contributed by atoms with E-state index in [9.17, 15) is 14.4 Å². The van der Waals surface area contributed by atoms with E-state index in [1.807, 2.05) is 0 Å². The van der Waals surface area contributed by atoms with Gasteiger partial charge in [-0.05, 0) is 64.7 Å². The molecule has 1 heterocycles. The normalized spacial score (nSPS) is 39.4. The molecular weight excluding hydrogens is 348 g/mol. The first kappa shape index (κ1) is 18.3. The lowest BCUT2D eigenvalue weighted by atomic mass is 9.48. The van der Waals surface area contributed by atoms with Crippen LogP contribution in [0.3, 0.4) is 0 Å². The lowest BCUT2D eigenvalue weighted by Crippen LogP contribution is -2.60. The molecule has 3 atom stereocenters. The van der Waals surface area contributed by atoms with Gasteiger partial charge in [0.15, 0.2) is 0 Å². The van der Waals surface area contributed by atoms with Gasteiger partial charge in [0.1, 0.15) is 11.7 Å². The largest absolute Gasteiger partial charge is 0.456 e. The second-order valence-corrected chi connectivity index (χ2v) is 9.04. The van der Waals surface area contributed by atoms with Crippen LogP contribution in [0.1, 0.15) is 59.3 Å². The van der Waals surface area contributed by atoms with Crippen LogP contribution in [0.15, 0.2) is 23.5 Å². The van der Waals surface area contributed by atoms with Crippen LogP contribution < -0.4 is 0 Å². The summed E-state index contributed by atoms with van der Waals surface area (Å²) in [5.74, 6) is -0.666. The van der Waals surface area contributed by atoms with Crippen molar-refractivity contribution >= 4 is 17.9 Å². The molecule has 1 aliphatic heterocycles. The summed E-state index contributed by atoms with van der Waals surface area (Å²) in [6.45, 7) is 8.81. The molecule has 6 heteroatoms. The molecule has 27 heavy (non-hydrogen) atoms. The molecule has 0 radical (unpaired) electrons. The van der Waals surface area contributed by atoms with Crippen molar-refractivity contribution in [2.24, 2.45) is 17.3 Å². The molecule has 0 aromatic heterocycles. The Kier molecular flexibility index (Phi) is 4.02. The first-order valence-electron chi connectivity index (χ1n) is 9.66. The van der Waals surface area contributed by atoms with Gasteiger partial charge in [-0.25, -0.2) is 9.59 Å². The molecule has 0 spiro atoms. The molecular formula is C21H26O6. The maximum absolute atomic E-state index is 13.2. The van der Waals surface area contributed by atoms with Crippen LogP contribution in [-0.4, -0.2) is 29.6 Å². The Morgan fingerprint density at radius 1 is 1.19 bits per heavy atom. The Balaban J connectivity index is 1.59. The van der Waals surface area contributed by atoms with Gasteiger partial charge in [-0.2, -0.15) is 0 Å². The number of hydrogen-bond acceptors (Lipinski definition) is 6. The zero-order chi connectivity index (χ0) is 19.6. The Bertz CT molecular complexity index is 762. The van der Waals surface area contributed by atoms with E-state index < -0.39 is 23.0 Å². The molecule has 5 aliphatic rings. The van der Waals surface area contributed by atoms with Gasteiger partial charge in [0.2, 0.25) is 5.76 Å². The van der Waals surface area contributed by atoms with Crippen LogP contribution in [0.5, 0.6) is 0 Å². The highest BCUT2D eigenvalue weighted by molar-refractivity contribution is 5.94. The SMILES string of the molecule is C=C(C)C(=O)OC12CC3CC(C1)CC(C(=O)OC1=C(C)C(C)OC1=O)(C3)C2. The van der Waals surface area contributed by atoms with Gasteiger partial charge >= 0.3 is 17.9 Å². The van der Waals surface area contributed by atoms with E-state index in [0.717, 1.165) is 32.1 Å². The molecule has 6 nitrogen and oxygen atoms in total. The standard InChI is InChI=1S/C21H26O6/c1-11(2)17(22)27-21-8-14-5-15(9-21)7-20(6-14,10-21)19(24)26-16-12(3)13(4)25-18(16)23/h13-15H,1,5-10H2,2-4H3. The molecule has 4 fully saturated rings. The molecule has 0 amide bonds. The van der Waals surface area contributed by atoms with E-state index in [1.54, 1.807) is 20.8 Å². The van der Waals surface area contributed by atoms with Crippen LogP contribution in [-0.2, 0) is 28.6 Å². The predicted octanol–water partition coefficient (Wildman–Crippen LogP) is 3.21. The van der Waals surface area contributed by atoms with Crippen LogP contribution in [0.2, 0.25) is 0 Å². The summed E-state index contributed by atoms with van der Waals surface area (Å²) in [4.78, 5) is 37.4. The Hall–Kier alpha value is -2.11. The third-order valence-electron chi connectivity index (χ3n) is 6.73. The van der Waals surface area contributed by atoms with E-state index in [2.05, 4.69) is 6.58 Å². The Morgan fingerprint density at radius 3 is 2.33 bits per heavy atom. The Labute approximate surface area is 158 Å². The van der Waals surface area contributed by atoms with Gasteiger partial charge in [-0.15, -0.1) is 0 Å². The fraction of sp³-hybridized carbons (Fsp3) is 0.667. The van der Waals surface area contributed by atoms with Crippen LogP contribution in [0, 0.1) is 17.3 Å². The number of rotatable bonds is 4. The van der Waals surface area contributed by atoms with Crippen molar-refractivity contribution in [3.8, 4) is 0 Å². The summed E-state index contributed by atoms with van der Waals surface area (Å²) < 4.78 is 16.6. The third kappa shape index (κ3) is 2.89. The van der Waals surface area contributed by atoms with Crippen molar-refractivity contribution in [3.05, 3.63) is 23.5 Å². The number of hydrogen-bond donors (Lipinski definition) is 0. The molecule has 0 saturated heterocycles. The number of esters is 3. The number of ether oxygens (including phenoxy) is 3. The summed E-state index contributed by atoms with van der Waals surface area (Å²) in [5, 5.41) is 0. The third-order valence-corrected chi connectivity index (χ3v) is 6.73. The quantitative estimate of drug-likeness (QED) is 0.427. The molecule has 0 N–H and O–H groups in total. The van der Waals surface area contributed by atoms with Crippen molar-refractivity contribution in [3.63, 3.8) is 0 Å². The molecule has 4 saturated carbocycles. The van der Waals surface area contributed by atoms with Crippen LogP contribution >= 0.6 is 0 Å². The molecule has 146 valence electrons. The van der Waals surface area contributed by atoms with Crippen molar-refractivity contribution in [2.75, 3.05) is 0 Å². The molecule has 4 bridgehead atoms. The minimum absolute atomic E-state index is 0.0243. The lowest BCUT2D eigenvalue weighted by molar-refractivity contribution is -0.208. The van der Waals surface area contributed by atoms with Gasteiger partial charge in [0, 0.05) is 17.6 Å². The van der Waals surface area contributed by atoms with E-state index in [1.165, 1.54) is 0 Å². The van der Waals surface area contributed by atoms with E-state index >= 15 is 0 Å². The average molecular weight is 374 g/mol. The second-order valence-electron chi connectivity index (χ2n) is 9.04. The fourth-order valence-corrected chi connectivity index (χ4v) is 5.79. The minimum atomic E-state index is -0.696. The number of cyclic esters (lactones) is 1. The van der Waals surface area contributed by atoms with Crippen molar-refractivity contribution in [1.29, 1.82) is 0 Å². The summed E-state index contributed by atoms with van der Waals surface area (Å²) in [7, 11) is 0. The topological polar surface area (TPSA) is 78.9 Å². The highest BCUT2D eigenvalue weighted by Gasteiger charge is 2.63. The van der Waals surface area contributed by atoms with Crippen molar-refractivity contribution in [2.45, 2.75) is 71.0 Å². The monoisotopic (exact) mass is 374 g/mol. The van der Waals surface area contributed by atoms with Gasteiger partial charge in [0.05, 0.1) is 5.41 Å². The smallest absolute Gasteiger partial charge is 0.375 e. The van der Waals surface area contributed by atoms with Crippen molar-refractivity contribution < 1.29 is 28.6 Å². The number of carbonyl (C=O) groups is 3. The zero-order valence-electron chi connectivity index (χ0n) is 16.1. The van der Waals surface area contributed by atoms with E-state index in [0.29, 0.717) is 29.4 Å². The van der Waals surface area contributed by atoms with Gasteiger partial charge in [-0.3, -0.25) is 4.79 Å². The molecule has 0 aromatic rings. The fourth-order valence-electron chi connectivity index (χ4n) is 5.79. The molecule has 3 unspecified atom stereocenters. The first-order valence-corrected chi connectivity index (χ1v) is 9.66. The van der Waals surface area contributed by atoms with Gasteiger partial charge in [-0.1, -0.05) is 6.58 Å². The Morgan fingerprint density at radius 2 is 1.81 bits per heavy atom. The maximum atomic E-state index is 13.2. The molecule has 5 rings (SSSR count).